The molecule has 4 rings (SSSR count). The highest BCUT2D eigenvalue weighted by Crippen LogP contribution is 2.38. The summed E-state index contributed by atoms with van der Waals surface area (Å²) >= 11 is 0. The number of benzene rings is 2. The molecule has 2 aromatic carbocycles. The van der Waals surface area contributed by atoms with Crippen LogP contribution in [0.4, 0.5) is 5.69 Å². The maximum Gasteiger partial charge on any atom is 0.252 e. The number of aromatic nitrogens is 1. The lowest BCUT2D eigenvalue weighted by Crippen LogP contribution is -2.49. The van der Waals surface area contributed by atoms with Crippen molar-refractivity contribution in [3.63, 3.8) is 0 Å². The number of rotatable bonds is 6. The average molecular weight is 407 g/mol. The number of carbonyl (C=O) groups is 2. The van der Waals surface area contributed by atoms with Gasteiger partial charge in [0.05, 0.1) is 19.9 Å². The summed E-state index contributed by atoms with van der Waals surface area (Å²) in [5.41, 5.74) is 3.29. The Balaban J connectivity index is 1.83. The molecule has 0 radical (unpaired) electrons. The van der Waals surface area contributed by atoms with E-state index in [1.165, 1.54) is 0 Å². The summed E-state index contributed by atoms with van der Waals surface area (Å²) in [4.78, 5) is 27.5. The molecule has 1 aromatic heterocycles. The molecule has 1 unspecified atom stereocenters. The van der Waals surface area contributed by atoms with Crippen LogP contribution in [-0.2, 0) is 16.6 Å². The van der Waals surface area contributed by atoms with Gasteiger partial charge in [-0.1, -0.05) is 12.1 Å². The number of β-lactam (4-membered cyclic amide) rings is 1. The molecule has 1 fully saturated rings. The van der Waals surface area contributed by atoms with E-state index in [0.717, 1.165) is 22.2 Å². The third-order valence-corrected chi connectivity index (χ3v) is 5.83. The zero-order valence-electron chi connectivity index (χ0n) is 17.6. The lowest BCUT2D eigenvalue weighted by atomic mass is 9.97. The van der Waals surface area contributed by atoms with Crippen LogP contribution in [0.1, 0.15) is 23.7 Å². The summed E-state index contributed by atoms with van der Waals surface area (Å²) in [5, 5.41) is 3.86. The Labute approximate surface area is 175 Å². The van der Waals surface area contributed by atoms with Crippen LogP contribution < -0.4 is 14.8 Å². The van der Waals surface area contributed by atoms with E-state index in [9.17, 15) is 9.59 Å². The number of aryl methyl sites for hydroxylation is 1. The van der Waals surface area contributed by atoms with E-state index in [1.807, 2.05) is 48.9 Å². The van der Waals surface area contributed by atoms with Gasteiger partial charge in [0.2, 0.25) is 5.91 Å². The normalized spacial score (nSPS) is 14.4. The fourth-order valence-electron chi connectivity index (χ4n) is 4.03. The molecule has 1 aliphatic rings. The summed E-state index contributed by atoms with van der Waals surface area (Å²) in [7, 11) is 5.13. The monoisotopic (exact) mass is 407 g/mol. The zero-order valence-corrected chi connectivity index (χ0v) is 17.6. The highest BCUT2D eigenvalue weighted by atomic mass is 16.5. The van der Waals surface area contributed by atoms with Crippen LogP contribution in [-0.4, -0.2) is 42.0 Å². The highest BCUT2D eigenvalue weighted by Gasteiger charge is 2.39. The molecule has 0 saturated carbocycles. The van der Waals surface area contributed by atoms with E-state index in [0.29, 0.717) is 30.2 Å². The van der Waals surface area contributed by atoms with Crippen LogP contribution in [0.3, 0.4) is 0 Å². The Kier molecular flexibility index (Phi) is 5.11. The first-order valence-corrected chi connectivity index (χ1v) is 9.82. The second kappa shape index (κ2) is 7.74. The topological polar surface area (TPSA) is 72.8 Å². The number of carbonyl (C=O) groups excluding carboxylic acids is 2. The summed E-state index contributed by atoms with van der Waals surface area (Å²) in [6.07, 6.45) is 0.450. The molecule has 0 spiro atoms. The summed E-state index contributed by atoms with van der Waals surface area (Å²) in [5.74, 6) is 0.962. The standard InChI is InChI=1S/C23H25N3O4/c1-14-21(16-13-15(29-3)9-10-18(16)25(14)2)22(26-12-11-20(26)27)23(28)24-17-7-5-6-8-19(17)30-4/h5-10,13,22H,11-12H2,1-4H3,(H,24,28). The first-order valence-electron chi connectivity index (χ1n) is 9.82. The first-order chi connectivity index (χ1) is 14.5. The van der Waals surface area contributed by atoms with Gasteiger partial charge in [-0.05, 0) is 37.3 Å². The predicted octanol–water partition coefficient (Wildman–Crippen LogP) is 3.42. The smallest absolute Gasteiger partial charge is 0.252 e. The number of methoxy groups -OCH3 is 2. The number of nitrogens with zero attached hydrogens (tertiary/aromatic N) is 2. The Morgan fingerprint density at radius 2 is 1.90 bits per heavy atom. The Morgan fingerprint density at radius 1 is 1.13 bits per heavy atom. The first kappa shape index (κ1) is 19.8. The van der Waals surface area contributed by atoms with Gasteiger partial charge < -0.3 is 24.3 Å². The van der Waals surface area contributed by atoms with Crippen LogP contribution in [0.5, 0.6) is 11.5 Å². The van der Waals surface area contributed by atoms with Gasteiger partial charge in [0.25, 0.3) is 5.91 Å². The number of anilines is 1. The van der Waals surface area contributed by atoms with Gasteiger partial charge in [-0.15, -0.1) is 0 Å². The van der Waals surface area contributed by atoms with Crippen LogP contribution in [0, 0.1) is 6.92 Å². The van der Waals surface area contributed by atoms with Crippen molar-refractivity contribution in [3.8, 4) is 11.5 Å². The molecular formula is C23H25N3O4. The van der Waals surface area contributed by atoms with Gasteiger partial charge in [0, 0.05) is 42.2 Å². The SMILES string of the molecule is COc1ccc2c(c1)c(C(C(=O)Nc1ccccc1OC)N1CCC1=O)c(C)n2C. The summed E-state index contributed by atoms with van der Waals surface area (Å²) in [6, 6.07) is 12.3. The molecule has 1 atom stereocenters. The number of para-hydroxylation sites is 2. The van der Waals surface area contributed by atoms with Crippen molar-refractivity contribution >= 4 is 28.4 Å². The van der Waals surface area contributed by atoms with Gasteiger partial charge in [0.1, 0.15) is 17.5 Å². The Morgan fingerprint density at radius 3 is 2.53 bits per heavy atom. The van der Waals surface area contributed by atoms with E-state index in [2.05, 4.69) is 5.32 Å². The molecule has 1 aliphatic heterocycles. The minimum Gasteiger partial charge on any atom is -0.497 e. The summed E-state index contributed by atoms with van der Waals surface area (Å²) in [6.45, 7) is 2.51. The summed E-state index contributed by atoms with van der Waals surface area (Å²) < 4.78 is 12.8. The van der Waals surface area contributed by atoms with Crippen molar-refractivity contribution in [3.05, 3.63) is 53.7 Å². The third-order valence-electron chi connectivity index (χ3n) is 5.83. The molecule has 3 aromatic rings. The molecule has 30 heavy (non-hydrogen) atoms. The number of amides is 2. The van der Waals surface area contributed by atoms with E-state index >= 15 is 0 Å². The van der Waals surface area contributed by atoms with Gasteiger partial charge in [-0.3, -0.25) is 9.59 Å². The number of fused-ring (bicyclic) bond motifs is 1. The molecule has 7 nitrogen and oxygen atoms in total. The van der Waals surface area contributed by atoms with Crippen LogP contribution in [0.2, 0.25) is 0 Å². The van der Waals surface area contributed by atoms with Gasteiger partial charge in [-0.2, -0.15) is 0 Å². The van der Waals surface area contributed by atoms with Crippen LogP contribution in [0.15, 0.2) is 42.5 Å². The van der Waals surface area contributed by atoms with Crippen LogP contribution in [0.25, 0.3) is 10.9 Å². The van der Waals surface area contributed by atoms with E-state index < -0.39 is 6.04 Å². The van der Waals surface area contributed by atoms with Crippen molar-refractivity contribution in [1.82, 2.24) is 9.47 Å². The molecule has 7 heteroatoms. The van der Waals surface area contributed by atoms with Crippen molar-refractivity contribution in [2.24, 2.45) is 7.05 Å². The minimum atomic E-state index is -0.744. The molecule has 1 N–H and O–H groups in total. The second-order valence-electron chi connectivity index (χ2n) is 7.37. The highest BCUT2D eigenvalue weighted by molar-refractivity contribution is 6.03. The maximum absolute atomic E-state index is 13.5. The van der Waals surface area contributed by atoms with Gasteiger partial charge >= 0.3 is 0 Å². The lowest BCUT2D eigenvalue weighted by molar-refractivity contribution is -0.147. The molecule has 156 valence electrons. The minimum absolute atomic E-state index is 0.0329. The van der Waals surface area contributed by atoms with Crippen molar-refractivity contribution in [1.29, 1.82) is 0 Å². The van der Waals surface area contributed by atoms with Crippen molar-refractivity contribution in [2.45, 2.75) is 19.4 Å². The quantitative estimate of drug-likeness (QED) is 0.636. The van der Waals surface area contributed by atoms with E-state index in [4.69, 9.17) is 9.47 Å². The average Bonchev–Trinajstić information content (AvgIpc) is 3.00. The Bertz CT molecular complexity index is 1130. The van der Waals surface area contributed by atoms with Gasteiger partial charge in [-0.25, -0.2) is 0 Å². The molecule has 2 amide bonds. The number of hydrogen-bond acceptors (Lipinski definition) is 4. The molecule has 0 bridgehead atoms. The largest absolute Gasteiger partial charge is 0.497 e. The number of likely N-dealkylation sites (tertiary alicyclic amines) is 1. The number of hydrogen-bond donors (Lipinski definition) is 1. The molecule has 2 heterocycles. The van der Waals surface area contributed by atoms with E-state index in [-0.39, 0.29) is 11.8 Å². The van der Waals surface area contributed by atoms with E-state index in [1.54, 1.807) is 31.3 Å². The van der Waals surface area contributed by atoms with Gasteiger partial charge in [0.15, 0.2) is 0 Å². The van der Waals surface area contributed by atoms with Crippen molar-refractivity contribution < 1.29 is 19.1 Å². The Hall–Kier alpha value is -3.48. The fourth-order valence-corrected chi connectivity index (χ4v) is 4.03. The molecule has 1 saturated heterocycles. The van der Waals surface area contributed by atoms with Crippen molar-refractivity contribution in [2.75, 3.05) is 26.1 Å². The molecule has 0 aliphatic carbocycles. The third kappa shape index (κ3) is 3.16. The lowest BCUT2D eigenvalue weighted by Gasteiger charge is -2.37. The molecular weight excluding hydrogens is 382 g/mol. The van der Waals surface area contributed by atoms with Crippen LogP contribution >= 0.6 is 0 Å². The fraction of sp³-hybridized carbons (Fsp3) is 0.304. The maximum atomic E-state index is 13.5. The second-order valence-corrected chi connectivity index (χ2v) is 7.37. The number of nitrogens with one attached hydrogen (secondary N) is 1. The zero-order chi connectivity index (χ0) is 21.4. The number of ether oxygens (including phenoxy) is 2. The predicted molar refractivity (Wildman–Crippen MR) is 115 cm³/mol.